The fourth-order valence-corrected chi connectivity index (χ4v) is 0.385. The summed E-state index contributed by atoms with van der Waals surface area (Å²) >= 11 is 0. The zero-order chi connectivity index (χ0) is 12.7. The molecule has 0 heterocycles. The summed E-state index contributed by atoms with van der Waals surface area (Å²) in [5.74, 6) is 0. The highest BCUT2D eigenvalue weighted by molar-refractivity contribution is 8.45. The highest BCUT2D eigenvalue weighted by Gasteiger charge is 2.57. The van der Waals surface area contributed by atoms with Crippen molar-refractivity contribution in [2.45, 2.75) is 13.8 Å². The molecule has 0 bridgehead atoms. The van der Waals surface area contributed by atoms with Gasteiger partial charge in [-0.1, -0.05) is 69.7 Å². The minimum atomic E-state index is -8.97. The normalized spacial score (nSPS) is 14.4. The quantitative estimate of drug-likeness (QED) is 0.523. The van der Waals surface area contributed by atoms with Crippen molar-refractivity contribution < 1.29 is 19.4 Å². The Hall–Kier alpha value is -0.780. The van der Waals surface area contributed by atoms with Crippen molar-refractivity contribution in [3.05, 3.63) is 36.4 Å². The summed E-state index contributed by atoms with van der Waals surface area (Å²) in [6, 6.07) is 12.0. The topological polar surface area (TPSA) is 0 Å². The minimum absolute atomic E-state index is 0.986. The van der Waals surface area contributed by atoms with Crippen molar-refractivity contribution in [1.82, 2.24) is 0 Å². The molecule has 0 nitrogen and oxygen atoms in total. The first-order valence-corrected chi connectivity index (χ1v) is 6.54. The number of halogens is 5. The zero-order valence-electron chi connectivity index (χ0n) is 8.76. The van der Waals surface area contributed by atoms with Crippen LogP contribution in [0, 0.1) is 0 Å². The maximum absolute atomic E-state index is 10.5. The molecule has 0 saturated carbocycles. The lowest BCUT2D eigenvalue weighted by Crippen LogP contribution is -1.99. The summed E-state index contributed by atoms with van der Waals surface area (Å²) in [5, 5.41) is 0. The summed E-state index contributed by atoms with van der Waals surface area (Å²) in [4.78, 5) is 0. The number of hydrogen-bond donors (Lipinski definition) is 0. The molecule has 0 aliphatic rings. The van der Waals surface area contributed by atoms with Gasteiger partial charge in [0.25, 0.3) is 10.2 Å². The molecule has 15 heavy (non-hydrogen) atoms. The summed E-state index contributed by atoms with van der Waals surface area (Å²) in [6.07, 6.45) is -0.986. The Labute approximate surface area is 86.8 Å². The van der Waals surface area contributed by atoms with Gasteiger partial charge in [0.05, 0.1) is 6.26 Å². The predicted molar refractivity (Wildman–Crippen MR) is 56.8 cm³/mol. The van der Waals surface area contributed by atoms with E-state index in [-0.39, 0.29) is 0 Å². The molecule has 6 heteroatoms. The van der Waals surface area contributed by atoms with Crippen molar-refractivity contribution >= 4 is 10.2 Å². The maximum atomic E-state index is 10.5. The summed E-state index contributed by atoms with van der Waals surface area (Å²) < 4.78 is 52.6. The van der Waals surface area contributed by atoms with Gasteiger partial charge in [-0.3, -0.25) is 0 Å². The van der Waals surface area contributed by atoms with Gasteiger partial charge in [0, 0.05) is 0 Å². The monoisotopic (exact) mass is 250 g/mol. The van der Waals surface area contributed by atoms with Gasteiger partial charge < -0.3 is 0 Å². The summed E-state index contributed by atoms with van der Waals surface area (Å²) in [6.45, 7) is 4.00. The largest absolute Gasteiger partial charge is 0.283 e. The second-order valence-electron chi connectivity index (χ2n) is 2.51. The van der Waals surface area contributed by atoms with Crippen molar-refractivity contribution in [3.8, 4) is 0 Å². The van der Waals surface area contributed by atoms with Gasteiger partial charge >= 0.3 is 0 Å². The molecule has 0 aliphatic heterocycles. The third kappa shape index (κ3) is 61.1. The summed E-state index contributed by atoms with van der Waals surface area (Å²) in [5.41, 5.74) is 0. The maximum Gasteiger partial charge on any atom is 0.283 e. The first-order valence-electron chi connectivity index (χ1n) is 4.18. The van der Waals surface area contributed by atoms with Gasteiger partial charge in [-0.2, -0.15) is 0 Å². The van der Waals surface area contributed by atoms with E-state index in [4.69, 9.17) is 0 Å². The van der Waals surface area contributed by atoms with Gasteiger partial charge in [0.1, 0.15) is 0 Å². The molecule has 0 atom stereocenters. The molecule has 0 radical (unpaired) electrons. The first kappa shape index (κ1) is 16.6. The molecule has 0 saturated heterocycles. The van der Waals surface area contributed by atoms with Crippen LogP contribution in [-0.4, -0.2) is 6.26 Å². The Kier molecular flexibility index (Phi) is 5.36. The molecule has 0 aliphatic carbocycles. The van der Waals surface area contributed by atoms with Gasteiger partial charge in [-0.25, -0.2) is 0 Å². The molecule has 1 aromatic carbocycles. The van der Waals surface area contributed by atoms with Crippen LogP contribution < -0.4 is 0 Å². The van der Waals surface area contributed by atoms with Crippen LogP contribution in [0.15, 0.2) is 36.4 Å². The smallest absolute Gasteiger partial charge is 0.0981 e. The third-order valence-electron chi connectivity index (χ3n) is 0.667. The molecule has 0 unspecified atom stereocenters. The third-order valence-corrected chi connectivity index (χ3v) is 0.667. The molecular formula is C9H15F5S. The van der Waals surface area contributed by atoms with Crippen LogP contribution in [0.4, 0.5) is 19.4 Å². The lowest BCUT2D eigenvalue weighted by Gasteiger charge is -2.35. The van der Waals surface area contributed by atoms with Crippen molar-refractivity contribution in [3.63, 3.8) is 0 Å². The van der Waals surface area contributed by atoms with Crippen LogP contribution in [-0.2, 0) is 0 Å². The van der Waals surface area contributed by atoms with E-state index in [0.717, 1.165) is 0 Å². The van der Waals surface area contributed by atoms with Crippen molar-refractivity contribution in [1.29, 1.82) is 0 Å². The molecule has 0 fully saturated rings. The standard InChI is InChI=1S/C6H6.C2H6.CH3F5S/c1-2-4-6-5-3-1;1-2;1-7(2,3,4,5)6/h1-6H;1-2H3;1H3. The van der Waals surface area contributed by atoms with E-state index < -0.39 is 16.5 Å². The van der Waals surface area contributed by atoms with Crippen LogP contribution in [0.2, 0.25) is 0 Å². The molecule has 0 spiro atoms. The molecular weight excluding hydrogens is 235 g/mol. The average Bonchev–Trinajstić information content (AvgIpc) is 2.06. The van der Waals surface area contributed by atoms with Gasteiger partial charge in [-0.05, 0) is 0 Å². The van der Waals surface area contributed by atoms with Gasteiger partial charge in [0.15, 0.2) is 0 Å². The van der Waals surface area contributed by atoms with Gasteiger partial charge in [-0.15, -0.1) is 0 Å². The zero-order valence-corrected chi connectivity index (χ0v) is 9.58. The number of rotatable bonds is 0. The molecule has 0 aromatic heterocycles. The SMILES string of the molecule is CC.CS(F)(F)(F)(F)F.c1ccccc1. The van der Waals surface area contributed by atoms with E-state index in [2.05, 4.69) is 0 Å². The first-order chi connectivity index (χ1) is 6.45. The minimum Gasteiger partial charge on any atom is -0.0981 e. The van der Waals surface area contributed by atoms with E-state index in [0.29, 0.717) is 0 Å². The molecule has 1 rings (SSSR count). The highest BCUT2D eigenvalue weighted by atomic mass is 32.5. The number of benzene rings is 1. The van der Waals surface area contributed by atoms with E-state index >= 15 is 0 Å². The van der Waals surface area contributed by atoms with E-state index in [1.165, 1.54) is 0 Å². The number of hydrogen-bond acceptors (Lipinski definition) is 0. The lowest BCUT2D eigenvalue weighted by molar-refractivity contribution is 0.377. The van der Waals surface area contributed by atoms with Crippen LogP contribution in [0.5, 0.6) is 0 Å². The van der Waals surface area contributed by atoms with Crippen molar-refractivity contribution in [2.75, 3.05) is 6.26 Å². The Morgan fingerprint density at radius 2 is 0.667 bits per heavy atom. The predicted octanol–water partition coefficient (Wildman–Crippen LogP) is 5.63. The van der Waals surface area contributed by atoms with Gasteiger partial charge in [0.2, 0.25) is 0 Å². The van der Waals surface area contributed by atoms with E-state index in [1.54, 1.807) is 0 Å². The molecule has 0 amide bonds. The molecule has 92 valence electrons. The molecule has 0 N–H and O–H groups in total. The Morgan fingerprint density at radius 1 is 0.600 bits per heavy atom. The van der Waals surface area contributed by atoms with E-state index in [9.17, 15) is 19.4 Å². The lowest BCUT2D eigenvalue weighted by atomic mass is 10.4. The Bertz CT molecular complexity index is 211. The highest BCUT2D eigenvalue weighted by Crippen LogP contribution is 2.95. The fourth-order valence-electron chi connectivity index (χ4n) is 0.385. The summed E-state index contributed by atoms with van der Waals surface area (Å²) in [7, 11) is -8.97. The average molecular weight is 250 g/mol. The van der Waals surface area contributed by atoms with Crippen LogP contribution in [0.3, 0.4) is 0 Å². The second-order valence-corrected chi connectivity index (χ2v) is 5.22. The Morgan fingerprint density at radius 3 is 0.733 bits per heavy atom. The molecule has 1 aromatic rings. The van der Waals surface area contributed by atoms with Crippen LogP contribution in [0.25, 0.3) is 0 Å². The van der Waals surface area contributed by atoms with Crippen LogP contribution in [0.1, 0.15) is 13.8 Å². The van der Waals surface area contributed by atoms with Crippen LogP contribution >= 0.6 is 10.2 Å². The Balaban J connectivity index is 0. The fraction of sp³-hybridized carbons (Fsp3) is 0.333. The van der Waals surface area contributed by atoms with Crippen molar-refractivity contribution in [2.24, 2.45) is 0 Å². The second kappa shape index (κ2) is 4.83. The van der Waals surface area contributed by atoms with E-state index in [1.807, 2.05) is 50.2 Å².